The molecule has 1 aromatic carbocycles. The van der Waals surface area contributed by atoms with E-state index in [1.54, 1.807) is 36.4 Å². The van der Waals surface area contributed by atoms with Gasteiger partial charge in [0.15, 0.2) is 0 Å². The average Bonchev–Trinajstić information content (AvgIpc) is 2.28. The topological polar surface area (TPSA) is 29.5 Å². The van der Waals surface area contributed by atoms with Crippen molar-refractivity contribution in [2.45, 2.75) is 11.2 Å². The molecule has 2 atom stereocenters. The zero-order valence-electron chi connectivity index (χ0n) is 8.91. The van der Waals surface area contributed by atoms with E-state index >= 15 is 0 Å². The van der Waals surface area contributed by atoms with Gasteiger partial charge in [0.05, 0.1) is 3.57 Å². The van der Waals surface area contributed by atoms with E-state index in [-0.39, 0.29) is 0 Å². The lowest BCUT2D eigenvalue weighted by Gasteiger charge is -2.26. The molecule has 1 N–H and O–H groups in total. The van der Waals surface area contributed by atoms with Crippen LogP contribution in [-0.4, -0.2) is 16.3 Å². The van der Waals surface area contributed by atoms with Crippen LogP contribution >= 0.6 is 68.4 Å². The van der Waals surface area contributed by atoms with Crippen molar-refractivity contribution in [2.75, 3.05) is 0 Å². The molecule has 2 nitrogen and oxygen atoms in total. The fourth-order valence-electron chi connectivity index (χ4n) is 1.43. The largest absolute Gasteiger partial charge is 0.464 e. The first-order valence-electron chi connectivity index (χ1n) is 4.98. The molecule has 0 amide bonds. The summed E-state index contributed by atoms with van der Waals surface area (Å²) < 4.78 is 7.38. The van der Waals surface area contributed by atoms with Gasteiger partial charge in [-0.2, -0.15) is 0 Å². The maximum Gasteiger partial charge on any atom is 0.221 e. The third-order valence-electron chi connectivity index (χ3n) is 2.28. The minimum atomic E-state index is -1.07. The Morgan fingerprint density at radius 3 is 2.67 bits per heavy atom. The van der Waals surface area contributed by atoms with Crippen molar-refractivity contribution in [3.63, 3.8) is 0 Å². The molecular weight excluding hydrogens is 501 g/mol. The Morgan fingerprint density at radius 2 is 2.06 bits per heavy atom. The fraction of sp³-hybridized carbons (Fsp3) is 0.167. The molecule has 2 unspecified atom stereocenters. The summed E-state index contributed by atoms with van der Waals surface area (Å²) in [6.45, 7) is 0. The van der Waals surface area contributed by atoms with Crippen LogP contribution in [0.25, 0.3) is 0 Å². The number of aliphatic hydroxyl groups excluding tert-OH is 1. The maximum atomic E-state index is 9.57. The second kappa shape index (κ2) is 5.87. The number of hydrogen-bond donors (Lipinski definition) is 1. The van der Waals surface area contributed by atoms with Crippen molar-refractivity contribution in [1.82, 2.24) is 0 Å². The molecular formula is C12H8Cl2I2O2. The van der Waals surface area contributed by atoms with Crippen LogP contribution in [0.5, 0.6) is 5.75 Å². The third kappa shape index (κ3) is 3.53. The molecule has 0 aromatic heterocycles. The first-order valence-corrected chi connectivity index (χ1v) is 7.90. The summed E-state index contributed by atoms with van der Waals surface area (Å²) >= 11 is 16.4. The Balaban J connectivity index is 2.26. The van der Waals surface area contributed by atoms with Crippen LogP contribution in [0.2, 0.25) is 5.02 Å². The quantitative estimate of drug-likeness (QED) is 0.362. The molecule has 0 heterocycles. The predicted octanol–water partition coefficient (Wildman–Crippen LogP) is 4.51. The predicted molar refractivity (Wildman–Crippen MR) is 90.6 cm³/mol. The molecule has 96 valence electrons. The van der Waals surface area contributed by atoms with Crippen molar-refractivity contribution in [2.24, 2.45) is 0 Å². The second-order valence-corrected chi connectivity index (χ2v) is 7.14. The monoisotopic (exact) mass is 508 g/mol. The van der Waals surface area contributed by atoms with E-state index in [2.05, 4.69) is 22.6 Å². The zero-order chi connectivity index (χ0) is 13.3. The standard InChI is InChI=1S/C12H8Cl2I2O2/c13-7-1-2-11(8(15)5-7)18-12(14)4-3-10(17)9(16)6-12/h1-6,10,17H. The summed E-state index contributed by atoms with van der Waals surface area (Å²) in [4.78, 5) is 0. The molecule has 1 aliphatic rings. The number of hydrogen-bond acceptors (Lipinski definition) is 2. The number of alkyl halides is 1. The fourth-order valence-corrected chi connectivity index (χ4v) is 3.54. The molecule has 0 spiro atoms. The number of rotatable bonds is 2. The van der Waals surface area contributed by atoms with Gasteiger partial charge in [-0.3, -0.25) is 0 Å². The lowest BCUT2D eigenvalue weighted by atomic mass is 10.1. The SMILES string of the molecule is OC1C=CC(Cl)(Oc2ccc(Cl)cc2I)C=C1I. The van der Waals surface area contributed by atoms with E-state index in [0.717, 1.165) is 7.15 Å². The molecule has 1 aliphatic carbocycles. The number of halogens is 4. The average molecular weight is 509 g/mol. The van der Waals surface area contributed by atoms with Crippen molar-refractivity contribution < 1.29 is 9.84 Å². The van der Waals surface area contributed by atoms with E-state index < -0.39 is 11.2 Å². The van der Waals surface area contributed by atoms with Gasteiger partial charge in [-0.25, -0.2) is 0 Å². The Labute approximate surface area is 142 Å². The maximum absolute atomic E-state index is 9.57. The van der Waals surface area contributed by atoms with Gasteiger partial charge < -0.3 is 9.84 Å². The normalized spacial score (nSPS) is 26.9. The van der Waals surface area contributed by atoms with Crippen molar-refractivity contribution in [3.8, 4) is 5.75 Å². The highest BCUT2D eigenvalue weighted by molar-refractivity contribution is 14.1. The van der Waals surface area contributed by atoms with E-state index in [4.69, 9.17) is 27.9 Å². The Hall–Kier alpha value is 0.500. The Kier molecular flexibility index (Phi) is 4.86. The smallest absolute Gasteiger partial charge is 0.221 e. The van der Waals surface area contributed by atoms with Gasteiger partial charge in [-0.05, 0) is 81.6 Å². The van der Waals surface area contributed by atoms with E-state index in [1.807, 2.05) is 22.6 Å². The molecule has 1 aromatic rings. The Morgan fingerprint density at radius 1 is 1.33 bits per heavy atom. The van der Waals surface area contributed by atoms with Gasteiger partial charge in [0.1, 0.15) is 11.9 Å². The summed E-state index contributed by atoms with van der Waals surface area (Å²) in [5.74, 6) is 0.650. The summed E-state index contributed by atoms with van der Waals surface area (Å²) in [5, 5.41) is 9.15. The first kappa shape index (κ1) is 14.9. The van der Waals surface area contributed by atoms with Crippen LogP contribution in [0.4, 0.5) is 0 Å². The second-order valence-electron chi connectivity index (χ2n) is 3.71. The van der Waals surface area contributed by atoms with Gasteiger partial charge in [-0.1, -0.05) is 23.2 Å². The summed E-state index contributed by atoms with van der Waals surface area (Å²) in [7, 11) is 0. The third-order valence-corrected chi connectivity index (χ3v) is 4.62. The zero-order valence-corrected chi connectivity index (χ0v) is 14.7. The van der Waals surface area contributed by atoms with Crippen molar-refractivity contribution in [1.29, 1.82) is 0 Å². The van der Waals surface area contributed by atoms with Crippen LogP contribution in [0.15, 0.2) is 40.0 Å². The molecule has 18 heavy (non-hydrogen) atoms. The molecule has 2 rings (SSSR count). The molecule has 0 saturated carbocycles. The molecule has 0 aliphatic heterocycles. The van der Waals surface area contributed by atoms with Crippen LogP contribution in [0.1, 0.15) is 0 Å². The van der Waals surface area contributed by atoms with Crippen molar-refractivity contribution in [3.05, 3.63) is 48.6 Å². The number of benzene rings is 1. The minimum Gasteiger partial charge on any atom is -0.464 e. The molecule has 0 radical (unpaired) electrons. The first-order chi connectivity index (χ1) is 8.39. The summed E-state index contributed by atoms with van der Waals surface area (Å²) in [6, 6.07) is 5.32. The number of aliphatic hydroxyl groups is 1. The van der Waals surface area contributed by atoms with Gasteiger partial charge in [0.2, 0.25) is 5.06 Å². The van der Waals surface area contributed by atoms with Crippen LogP contribution < -0.4 is 4.74 Å². The van der Waals surface area contributed by atoms with Crippen LogP contribution in [0.3, 0.4) is 0 Å². The lowest BCUT2D eigenvalue weighted by molar-refractivity contribution is 0.229. The van der Waals surface area contributed by atoms with Gasteiger partial charge in [0.25, 0.3) is 0 Å². The molecule has 0 fully saturated rings. The molecule has 0 saturated heterocycles. The van der Waals surface area contributed by atoms with Gasteiger partial charge in [0, 0.05) is 8.60 Å². The molecule has 6 heteroatoms. The summed E-state index contributed by atoms with van der Waals surface area (Å²) in [6.07, 6.45) is 4.32. The van der Waals surface area contributed by atoms with E-state index in [1.165, 1.54) is 0 Å². The van der Waals surface area contributed by atoms with E-state index in [0.29, 0.717) is 10.8 Å². The minimum absolute atomic E-state index is 0.606. The highest BCUT2D eigenvalue weighted by atomic mass is 127. The highest BCUT2D eigenvalue weighted by Gasteiger charge is 2.29. The number of ether oxygens (including phenoxy) is 1. The van der Waals surface area contributed by atoms with Crippen molar-refractivity contribution >= 4 is 68.4 Å². The van der Waals surface area contributed by atoms with Gasteiger partial charge >= 0.3 is 0 Å². The van der Waals surface area contributed by atoms with Crippen LogP contribution in [0, 0.1) is 3.57 Å². The lowest BCUT2D eigenvalue weighted by Crippen LogP contribution is -2.29. The highest BCUT2D eigenvalue weighted by Crippen LogP contribution is 2.35. The Bertz CT molecular complexity index is 531. The summed E-state index contributed by atoms with van der Waals surface area (Å²) in [5.41, 5.74) is 0. The van der Waals surface area contributed by atoms with Crippen LogP contribution in [-0.2, 0) is 0 Å². The molecule has 0 bridgehead atoms. The van der Waals surface area contributed by atoms with E-state index in [9.17, 15) is 5.11 Å². The van der Waals surface area contributed by atoms with Gasteiger partial charge in [-0.15, -0.1) is 0 Å².